The molecule has 0 N–H and O–H groups in total. The number of aryl methyl sites for hydroxylation is 1. The molecule has 0 unspecified atom stereocenters. The Labute approximate surface area is 129 Å². The van der Waals surface area contributed by atoms with Crippen LogP contribution in [0.1, 0.15) is 77.2 Å². The lowest BCUT2D eigenvalue weighted by atomic mass is 10.1. The number of carbonyl (C=O) groups is 1. The maximum Gasteiger partial charge on any atom is 0.311 e. The molecule has 0 fully saturated rings. The topological polar surface area (TPSA) is 26.3 Å². The molecular weight excluding hydrogens is 260 g/mol. The Balaban J connectivity index is 2.18. The standard InChI is InChI=1S/C19H30O2/c1-3-5-7-8-9-10-12-19(20)21-18-15-13-17(14-16-18)11-6-4-2/h13-16H,3-12H2,1-2H3. The Morgan fingerprint density at radius 3 is 2.14 bits per heavy atom. The molecular formula is C19H30O2. The molecule has 2 nitrogen and oxygen atoms in total. The van der Waals surface area contributed by atoms with Gasteiger partial charge in [-0.1, -0.05) is 64.5 Å². The summed E-state index contributed by atoms with van der Waals surface area (Å²) in [6, 6.07) is 7.93. The van der Waals surface area contributed by atoms with Crippen molar-refractivity contribution in [3.8, 4) is 5.75 Å². The summed E-state index contributed by atoms with van der Waals surface area (Å²) in [7, 11) is 0. The molecule has 0 spiro atoms. The smallest absolute Gasteiger partial charge is 0.311 e. The third-order valence-corrected chi connectivity index (χ3v) is 3.71. The van der Waals surface area contributed by atoms with Gasteiger partial charge in [-0.15, -0.1) is 0 Å². The van der Waals surface area contributed by atoms with Crippen molar-refractivity contribution in [1.29, 1.82) is 0 Å². The molecule has 0 saturated heterocycles. The van der Waals surface area contributed by atoms with Gasteiger partial charge >= 0.3 is 5.97 Å². The Hall–Kier alpha value is -1.31. The van der Waals surface area contributed by atoms with Crippen molar-refractivity contribution in [1.82, 2.24) is 0 Å². The van der Waals surface area contributed by atoms with Gasteiger partial charge in [0.15, 0.2) is 0 Å². The molecule has 0 aliphatic heterocycles. The first-order chi connectivity index (χ1) is 10.3. The number of hydrogen-bond acceptors (Lipinski definition) is 2. The predicted octanol–water partition coefficient (Wildman–Crippen LogP) is 5.69. The fraction of sp³-hybridized carbons (Fsp3) is 0.632. The first-order valence-corrected chi connectivity index (χ1v) is 8.56. The molecule has 1 aromatic rings. The highest BCUT2D eigenvalue weighted by Gasteiger charge is 2.04. The van der Waals surface area contributed by atoms with Crippen LogP contribution in [0.4, 0.5) is 0 Å². The third-order valence-electron chi connectivity index (χ3n) is 3.71. The summed E-state index contributed by atoms with van der Waals surface area (Å²) in [5.74, 6) is 0.568. The van der Waals surface area contributed by atoms with Crippen LogP contribution in [0.5, 0.6) is 5.75 Å². The van der Waals surface area contributed by atoms with Gasteiger partial charge in [-0.25, -0.2) is 0 Å². The van der Waals surface area contributed by atoms with Crippen LogP contribution in [-0.4, -0.2) is 5.97 Å². The highest BCUT2D eigenvalue weighted by Crippen LogP contribution is 2.15. The SMILES string of the molecule is CCCCCCCCC(=O)Oc1ccc(CCCC)cc1. The van der Waals surface area contributed by atoms with E-state index in [4.69, 9.17) is 4.74 Å². The molecule has 0 amide bonds. The average molecular weight is 290 g/mol. The molecule has 0 radical (unpaired) electrons. The van der Waals surface area contributed by atoms with E-state index in [2.05, 4.69) is 26.0 Å². The number of hydrogen-bond donors (Lipinski definition) is 0. The van der Waals surface area contributed by atoms with Crippen molar-refractivity contribution in [2.75, 3.05) is 0 Å². The summed E-state index contributed by atoms with van der Waals surface area (Å²) in [4.78, 5) is 11.7. The average Bonchev–Trinajstić information content (AvgIpc) is 2.50. The van der Waals surface area contributed by atoms with Gasteiger partial charge in [0.05, 0.1) is 0 Å². The van der Waals surface area contributed by atoms with E-state index >= 15 is 0 Å². The zero-order chi connectivity index (χ0) is 15.3. The molecule has 1 aromatic carbocycles. The first kappa shape index (κ1) is 17.7. The van der Waals surface area contributed by atoms with Crippen LogP contribution in [0.15, 0.2) is 24.3 Å². The highest BCUT2D eigenvalue weighted by molar-refractivity contribution is 5.72. The van der Waals surface area contributed by atoms with Gasteiger partial charge in [-0.05, 0) is 37.0 Å². The quantitative estimate of drug-likeness (QED) is 0.297. The van der Waals surface area contributed by atoms with Crippen LogP contribution in [0.2, 0.25) is 0 Å². The van der Waals surface area contributed by atoms with Crippen LogP contribution in [0, 0.1) is 0 Å². The second-order valence-electron chi connectivity index (χ2n) is 5.74. The molecule has 0 aromatic heterocycles. The van der Waals surface area contributed by atoms with Crippen LogP contribution >= 0.6 is 0 Å². The predicted molar refractivity (Wildman–Crippen MR) is 88.7 cm³/mol. The second-order valence-corrected chi connectivity index (χ2v) is 5.74. The zero-order valence-corrected chi connectivity index (χ0v) is 13.7. The fourth-order valence-electron chi connectivity index (χ4n) is 2.34. The Bertz CT molecular complexity index is 381. The molecule has 2 heteroatoms. The minimum atomic E-state index is -0.105. The summed E-state index contributed by atoms with van der Waals surface area (Å²) in [5, 5.41) is 0. The van der Waals surface area contributed by atoms with Gasteiger partial charge in [-0.2, -0.15) is 0 Å². The van der Waals surface area contributed by atoms with Crippen molar-refractivity contribution >= 4 is 5.97 Å². The van der Waals surface area contributed by atoms with E-state index in [-0.39, 0.29) is 5.97 Å². The summed E-state index contributed by atoms with van der Waals surface area (Å²) in [6.45, 7) is 4.41. The molecule has 0 aliphatic carbocycles. The largest absolute Gasteiger partial charge is 0.427 e. The van der Waals surface area contributed by atoms with Gasteiger partial charge in [-0.3, -0.25) is 4.79 Å². The third kappa shape index (κ3) is 8.54. The van der Waals surface area contributed by atoms with Gasteiger partial charge in [0.2, 0.25) is 0 Å². The Kier molecular flexibility index (Phi) is 9.60. The van der Waals surface area contributed by atoms with E-state index < -0.39 is 0 Å². The lowest BCUT2D eigenvalue weighted by Crippen LogP contribution is -2.07. The summed E-state index contributed by atoms with van der Waals surface area (Å²) >= 11 is 0. The van der Waals surface area contributed by atoms with Gasteiger partial charge in [0.25, 0.3) is 0 Å². The number of carbonyl (C=O) groups excluding carboxylic acids is 1. The molecule has 0 heterocycles. The monoisotopic (exact) mass is 290 g/mol. The van der Waals surface area contributed by atoms with Gasteiger partial charge in [0.1, 0.15) is 5.75 Å². The van der Waals surface area contributed by atoms with E-state index in [1.807, 2.05) is 12.1 Å². The molecule has 118 valence electrons. The van der Waals surface area contributed by atoms with Gasteiger partial charge < -0.3 is 4.74 Å². The van der Waals surface area contributed by atoms with E-state index in [1.54, 1.807) is 0 Å². The molecule has 0 aliphatic rings. The number of ether oxygens (including phenoxy) is 1. The van der Waals surface area contributed by atoms with E-state index in [0.717, 1.165) is 19.3 Å². The number of esters is 1. The lowest BCUT2D eigenvalue weighted by Gasteiger charge is -2.06. The minimum Gasteiger partial charge on any atom is -0.427 e. The molecule has 1 rings (SSSR count). The van der Waals surface area contributed by atoms with Crippen LogP contribution in [0.3, 0.4) is 0 Å². The van der Waals surface area contributed by atoms with Gasteiger partial charge in [0, 0.05) is 6.42 Å². The maximum absolute atomic E-state index is 11.7. The molecule has 21 heavy (non-hydrogen) atoms. The Morgan fingerprint density at radius 1 is 0.857 bits per heavy atom. The van der Waals surface area contributed by atoms with E-state index in [9.17, 15) is 4.79 Å². The normalized spacial score (nSPS) is 10.6. The van der Waals surface area contributed by atoms with Crippen molar-refractivity contribution in [3.05, 3.63) is 29.8 Å². The van der Waals surface area contributed by atoms with Crippen molar-refractivity contribution in [2.24, 2.45) is 0 Å². The number of benzene rings is 1. The van der Waals surface area contributed by atoms with E-state index in [0.29, 0.717) is 12.2 Å². The Morgan fingerprint density at radius 2 is 1.48 bits per heavy atom. The lowest BCUT2D eigenvalue weighted by molar-refractivity contribution is -0.134. The second kappa shape index (κ2) is 11.4. The first-order valence-electron chi connectivity index (χ1n) is 8.56. The molecule has 0 bridgehead atoms. The molecule has 0 atom stereocenters. The zero-order valence-electron chi connectivity index (χ0n) is 13.7. The fourth-order valence-corrected chi connectivity index (χ4v) is 2.34. The highest BCUT2D eigenvalue weighted by atomic mass is 16.5. The van der Waals surface area contributed by atoms with Crippen molar-refractivity contribution < 1.29 is 9.53 Å². The van der Waals surface area contributed by atoms with Crippen molar-refractivity contribution in [2.45, 2.75) is 78.1 Å². The summed E-state index contributed by atoms with van der Waals surface area (Å²) < 4.78 is 5.36. The molecule has 0 saturated carbocycles. The number of unbranched alkanes of at least 4 members (excludes halogenated alkanes) is 6. The van der Waals surface area contributed by atoms with Crippen molar-refractivity contribution in [3.63, 3.8) is 0 Å². The summed E-state index contributed by atoms with van der Waals surface area (Å²) in [6.07, 6.45) is 11.2. The van der Waals surface area contributed by atoms with Crippen LogP contribution in [0.25, 0.3) is 0 Å². The summed E-state index contributed by atoms with van der Waals surface area (Å²) in [5.41, 5.74) is 1.31. The van der Waals surface area contributed by atoms with Crippen LogP contribution < -0.4 is 4.74 Å². The maximum atomic E-state index is 11.7. The minimum absolute atomic E-state index is 0.105. The van der Waals surface area contributed by atoms with Crippen LogP contribution in [-0.2, 0) is 11.2 Å². The number of rotatable bonds is 11. The van der Waals surface area contributed by atoms with E-state index in [1.165, 1.54) is 44.1 Å².